The van der Waals surface area contributed by atoms with Gasteiger partial charge in [0.05, 0.1) is 0 Å². The van der Waals surface area contributed by atoms with E-state index in [9.17, 15) is 13.2 Å². The van der Waals surface area contributed by atoms with Crippen molar-refractivity contribution in [2.75, 3.05) is 6.54 Å². The van der Waals surface area contributed by atoms with Gasteiger partial charge in [0, 0.05) is 35.8 Å². The Kier molecular flexibility index (Phi) is 5.57. The number of aromatic amines is 1. The molecule has 8 heteroatoms. The minimum Gasteiger partial charge on any atom is -0.443 e. The van der Waals surface area contributed by atoms with Crippen LogP contribution in [0.15, 0.2) is 57.0 Å². The van der Waals surface area contributed by atoms with Crippen LogP contribution in [0.5, 0.6) is 0 Å². The fourth-order valence-corrected chi connectivity index (χ4v) is 3.70. The molecule has 0 aliphatic rings. The summed E-state index contributed by atoms with van der Waals surface area (Å²) in [6.07, 6.45) is 4.47. The van der Waals surface area contributed by atoms with Crippen LogP contribution in [-0.2, 0) is 22.9 Å². The minimum atomic E-state index is -3.76. The number of pyridine rings is 2. The van der Waals surface area contributed by atoms with Crippen LogP contribution in [0.25, 0.3) is 11.3 Å². The number of hydrogen-bond acceptors (Lipinski definition) is 5. The van der Waals surface area contributed by atoms with Crippen molar-refractivity contribution < 1.29 is 12.8 Å². The van der Waals surface area contributed by atoms with Crippen LogP contribution in [0.4, 0.5) is 0 Å². The van der Waals surface area contributed by atoms with Crippen LogP contribution in [0.2, 0.25) is 0 Å². The molecule has 0 bridgehead atoms. The molecule has 0 spiro atoms. The van der Waals surface area contributed by atoms with Gasteiger partial charge in [0.15, 0.2) is 0 Å². The summed E-state index contributed by atoms with van der Waals surface area (Å²) in [5, 5.41) is -0.160. The molecule has 3 rings (SSSR count). The highest BCUT2D eigenvalue weighted by atomic mass is 32.2. The zero-order valence-electron chi connectivity index (χ0n) is 15.2. The van der Waals surface area contributed by atoms with Gasteiger partial charge >= 0.3 is 0 Å². The molecule has 0 saturated carbocycles. The SMILES string of the molecule is CCc1cc(-c2ccc(S(=O)(=O)NCCc3cccnc3)o2)c(C)[nH]c1=O. The lowest BCUT2D eigenvalue weighted by Gasteiger charge is -2.06. The number of hydrogen-bond donors (Lipinski definition) is 2. The molecule has 3 heterocycles. The van der Waals surface area contributed by atoms with E-state index in [1.54, 1.807) is 37.5 Å². The summed E-state index contributed by atoms with van der Waals surface area (Å²) in [4.78, 5) is 18.6. The molecule has 7 nitrogen and oxygen atoms in total. The number of nitrogens with zero attached hydrogens (tertiary/aromatic N) is 1. The Morgan fingerprint density at radius 1 is 1.26 bits per heavy atom. The summed E-state index contributed by atoms with van der Waals surface area (Å²) in [6.45, 7) is 3.87. The molecule has 0 aliphatic carbocycles. The van der Waals surface area contributed by atoms with Gasteiger partial charge in [-0.3, -0.25) is 9.78 Å². The number of aromatic nitrogens is 2. The third-order valence-corrected chi connectivity index (χ3v) is 5.57. The van der Waals surface area contributed by atoms with Crippen LogP contribution >= 0.6 is 0 Å². The largest absolute Gasteiger partial charge is 0.443 e. The zero-order chi connectivity index (χ0) is 19.4. The zero-order valence-corrected chi connectivity index (χ0v) is 16.0. The van der Waals surface area contributed by atoms with Crippen molar-refractivity contribution >= 4 is 10.0 Å². The Balaban J connectivity index is 1.77. The number of rotatable bonds is 7. The van der Waals surface area contributed by atoms with Gasteiger partial charge in [-0.1, -0.05) is 13.0 Å². The minimum absolute atomic E-state index is 0.143. The first kappa shape index (κ1) is 19.1. The Morgan fingerprint density at radius 2 is 2.07 bits per heavy atom. The molecule has 0 unspecified atom stereocenters. The van der Waals surface area contributed by atoms with Crippen molar-refractivity contribution in [1.82, 2.24) is 14.7 Å². The lowest BCUT2D eigenvalue weighted by molar-refractivity contribution is 0.456. The maximum Gasteiger partial charge on any atom is 0.273 e. The van der Waals surface area contributed by atoms with Crippen molar-refractivity contribution in [3.63, 3.8) is 0 Å². The van der Waals surface area contributed by atoms with Gasteiger partial charge in [0.2, 0.25) is 5.09 Å². The summed E-state index contributed by atoms with van der Waals surface area (Å²) in [7, 11) is -3.76. The Hall–Kier alpha value is -2.71. The van der Waals surface area contributed by atoms with Crippen LogP contribution in [0.3, 0.4) is 0 Å². The summed E-state index contributed by atoms with van der Waals surface area (Å²) in [6, 6.07) is 8.43. The predicted octanol–water partition coefficient (Wildman–Crippen LogP) is 2.42. The first-order valence-electron chi connectivity index (χ1n) is 8.62. The van der Waals surface area contributed by atoms with Gasteiger partial charge in [-0.05, 0) is 49.6 Å². The van der Waals surface area contributed by atoms with Gasteiger partial charge in [0.25, 0.3) is 15.6 Å². The van der Waals surface area contributed by atoms with E-state index < -0.39 is 10.0 Å². The van der Waals surface area contributed by atoms with E-state index in [0.717, 1.165) is 5.56 Å². The summed E-state index contributed by atoms with van der Waals surface area (Å²) in [5.41, 5.74) is 2.71. The van der Waals surface area contributed by atoms with Gasteiger partial charge in [-0.2, -0.15) is 0 Å². The fourth-order valence-electron chi connectivity index (χ4n) is 2.74. The smallest absolute Gasteiger partial charge is 0.273 e. The summed E-state index contributed by atoms with van der Waals surface area (Å²) in [5.74, 6) is 0.395. The highest BCUT2D eigenvalue weighted by Crippen LogP contribution is 2.26. The molecular formula is C19H21N3O4S. The normalized spacial score (nSPS) is 11.6. The molecule has 0 aromatic carbocycles. The second-order valence-electron chi connectivity index (χ2n) is 6.14. The van der Waals surface area contributed by atoms with E-state index in [0.29, 0.717) is 35.4 Å². The highest BCUT2D eigenvalue weighted by molar-refractivity contribution is 7.89. The fraction of sp³-hybridized carbons (Fsp3) is 0.263. The van der Waals surface area contributed by atoms with E-state index >= 15 is 0 Å². The van der Waals surface area contributed by atoms with E-state index in [4.69, 9.17) is 4.42 Å². The molecule has 142 valence electrons. The van der Waals surface area contributed by atoms with Crippen molar-refractivity contribution in [2.45, 2.75) is 31.8 Å². The molecule has 0 saturated heterocycles. The molecule has 0 fully saturated rings. The second kappa shape index (κ2) is 7.89. The van der Waals surface area contributed by atoms with Gasteiger partial charge in [-0.25, -0.2) is 13.1 Å². The Labute approximate surface area is 157 Å². The number of sulfonamides is 1. The Morgan fingerprint density at radius 3 is 2.78 bits per heavy atom. The highest BCUT2D eigenvalue weighted by Gasteiger charge is 2.20. The van der Waals surface area contributed by atoms with Crippen molar-refractivity contribution in [1.29, 1.82) is 0 Å². The lowest BCUT2D eigenvalue weighted by Crippen LogP contribution is -2.25. The number of nitrogens with one attached hydrogen (secondary N) is 2. The summed E-state index contributed by atoms with van der Waals surface area (Å²) >= 11 is 0. The van der Waals surface area contributed by atoms with E-state index in [2.05, 4.69) is 14.7 Å². The van der Waals surface area contributed by atoms with E-state index in [-0.39, 0.29) is 17.2 Å². The first-order chi connectivity index (χ1) is 12.9. The number of H-pyrrole nitrogens is 1. The molecule has 0 radical (unpaired) electrons. The molecule has 2 N–H and O–H groups in total. The van der Waals surface area contributed by atoms with Crippen LogP contribution in [0, 0.1) is 6.92 Å². The number of furan rings is 1. The van der Waals surface area contributed by atoms with E-state index in [1.807, 2.05) is 13.0 Å². The third kappa shape index (κ3) is 4.35. The van der Waals surface area contributed by atoms with Crippen molar-refractivity contribution in [3.8, 4) is 11.3 Å². The monoisotopic (exact) mass is 387 g/mol. The molecule has 0 atom stereocenters. The van der Waals surface area contributed by atoms with E-state index in [1.165, 1.54) is 6.07 Å². The third-order valence-electron chi connectivity index (χ3n) is 4.24. The molecule has 3 aromatic rings. The number of aryl methyl sites for hydroxylation is 2. The second-order valence-corrected chi connectivity index (χ2v) is 7.84. The first-order valence-corrected chi connectivity index (χ1v) is 10.1. The van der Waals surface area contributed by atoms with Crippen molar-refractivity contribution in [3.05, 3.63) is 69.9 Å². The van der Waals surface area contributed by atoms with Crippen LogP contribution in [-0.4, -0.2) is 24.9 Å². The maximum absolute atomic E-state index is 12.5. The van der Waals surface area contributed by atoms with Crippen molar-refractivity contribution in [2.24, 2.45) is 0 Å². The lowest BCUT2D eigenvalue weighted by atomic mass is 10.1. The maximum atomic E-state index is 12.5. The molecular weight excluding hydrogens is 366 g/mol. The van der Waals surface area contributed by atoms with Gasteiger partial charge in [-0.15, -0.1) is 0 Å². The average molecular weight is 387 g/mol. The Bertz CT molecular complexity index is 1090. The molecule has 0 aliphatic heterocycles. The molecule has 3 aromatic heterocycles. The van der Waals surface area contributed by atoms with Gasteiger partial charge in [0.1, 0.15) is 5.76 Å². The standard InChI is InChI=1S/C19H21N3O4S/c1-3-15-11-16(13(2)22-19(15)23)17-6-7-18(26-17)27(24,25)21-10-8-14-5-4-9-20-12-14/h4-7,9,11-12,21H,3,8,10H2,1-2H3,(H,22,23). The molecule has 0 amide bonds. The quantitative estimate of drug-likeness (QED) is 0.648. The topological polar surface area (TPSA) is 105 Å². The predicted molar refractivity (Wildman–Crippen MR) is 102 cm³/mol. The summed E-state index contributed by atoms with van der Waals surface area (Å²) < 4.78 is 33.0. The van der Waals surface area contributed by atoms with Crippen LogP contribution in [0.1, 0.15) is 23.7 Å². The molecule has 27 heavy (non-hydrogen) atoms. The van der Waals surface area contributed by atoms with Gasteiger partial charge < -0.3 is 9.40 Å². The average Bonchev–Trinajstić information content (AvgIpc) is 3.13. The van der Waals surface area contributed by atoms with Crippen LogP contribution < -0.4 is 10.3 Å².